The van der Waals surface area contributed by atoms with E-state index >= 15 is 0 Å². The zero-order valence-electron chi connectivity index (χ0n) is 26.0. The van der Waals surface area contributed by atoms with Crippen LogP contribution < -0.4 is 9.64 Å². The number of anilines is 1. The van der Waals surface area contributed by atoms with Gasteiger partial charge in [0.1, 0.15) is 5.75 Å². The van der Waals surface area contributed by atoms with Crippen LogP contribution in [0.25, 0.3) is 11.1 Å². The van der Waals surface area contributed by atoms with Crippen molar-refractivity contribution in [3.8, 4) is 16.9 Å². The maximum Gasteiger partial charge on any atom is 0.337 e. The SMILES string of the molecule is Cc1ccc(CCOc2ccc(-c3c(C)nc(C)c([C@H](OC(C)(C)C)C(=O)O)c3N3CCC(C)(C)CC3)cc2)cc1. The topological polar surface area (TPSA) is 71.9 Å². The minimum absolute atomic E-state index is 0.250. The van der Waals surface area contributed by atoms with Crippen molar-refractivity contribution < 1.29 is 19.4 Å². The monoisotopic (exact) mass is 558 g/mol. The Morgan fingerprint density at radius 2 is 1.59 bits per heavy atom. The normalized spacial score (nSPS) is 16.0. The van der Waals surface area contributed by atoms with Crippen LogP contribution in [0.15, 0.2) is 48.5 Å². The molecule has 2 heterocycles. The maximum absolute atomic E-state index is 12.7. The highest BCUT2D eigenvalue weighted by Gasteiger charge is 2.36. The van der Waals surface area contributed by atoms with E-state index in [0.29, 0.717) is 17.9 Å². The Balaban J connectivity index is 1.71. The van der Waals surface area contributed by atoms with Gasteiger partial charge in [0.05, 0.1) is 17.9 Å². The van der Waals surface area contributed by atoms with Crippen molar-refractivity contribution in [3.63, 3.8) is 0 Å². The van der Waals surface area contributed by atoms with Crippen LogP contribution in [0.4, 0.5) is 5.69 Å². The number of hydrogen-bond acceptors (Lipinski definition) is 5. The van der Waals surface area contributed by atoms with Gasteiger partial charge < -0.3 is 19.5 Å². The zero-order chi connectivity index (χ0) is 29.9. The highest BCUT2D eigenvalue weighted by molar-refractivity contribution is 5.88. The number of aliphatic carboxylic acids is 1. The van der Waals surface area contributed by atoms with Crippen LogP contribution >= 0.6 is 0 Å². The van der Waals surface area contributed by atoms with E-state index in [1.54, 1.807) is 0 Å². The molecule has 0 spiro atoms. The molecule has 0 saturated carbocycles. The maximum atomic E-state index is 12.7. The Morgan fingerprint density at radius 3 is 2.15 bits per heavy atom. The quantitative estimate of drug-likeness (QED) is 0.288. The first-order valence-electron chi connectivity index (χ1n) is 14.7. The molecule has 1 saturated heterocycles. The molecule has 41 heavy (non-hydrogen) atoms. The van der Waals surface area contributed by atoms with Crippen molar-refractivity contribution in [2.24, 2.45) is 5.41 Å². The lowest BCUT2D eigenvalue weighted by atomic mass is 9.82. The molecule has 2 aromatic carbocycles. The predicted molar refractivity (Wildman–Crippen MR) is 166 cm³/mol. The van der Waals surface area contributed by atoms with E-state index in [1.807, 2.05) is 46.8 Å². The molecule has 1 N–H and O–H groups in total. The summed E-state index contributed by atoms with van der Waals surface area (Å²) in [6.45, 7) is 18.6. The Bertz CT molecular complexity index is 1340. The van der Waals surface area contributed by atoms with E-state index < -0.39 is 17.7 Å². The van der Waals surface area contributed by atoms with Crippen molar-refractivity contribution in [3.05, 3.63) is 76.6 Å². The lowest BCUT2D eigenvalue weighted by molar-refractivity contribution is -0.160. The molecular weight excluding hydrogens is 512 g/mol. The van der Waals surface area contributed by atoms with Crippen LogP contribution in [0.1, 0.15) is 81.6 Å². The first kappa shape index (κ1) is 30.6. The van der Waals surface area contributed by atoms with E-state index in [1.165, 1.54) is 11.1 Å². The number of carboxylic acids is 1. The smallest absolute Gasteiger partial charge is 0.337 e. The Morgan fingerprint density at radius 1 is 0.976 bits per heavy atom. The molecule has 0 amide bonds. The zero-order valence-corrected chi connectivity index (χ0v) is 26.0. The van der Waals surface area contributed by atoms with Crippen molar-refractivity contribution in [2.45, 2.75) is 86.4 Å². The third kappa shape index (κ3) is 7.68. The van der Waals surface area contributed by atoms with Gasteiger partial charge >= 0.3 is 5.97 Å². The largest absolute Gasteiger partial charge is 0.493 e. The van der Waals surface area contributed by atoms with Gasteiger partial charge in [-0.25, -0.2) is 4.79 Å². The second kappa shape index (κ2) is 12.2. The number of benzene rings is 2. The number of nitrogens with zero attached hydrogens (tertiary/aromatic N) is 2. The van der Waals surface area contributed by atoms with Crippen LogP contribution in [-0.4, -0.2) is 41.4 Å². The first-order valence-corrected chi connectivity index (χ1v) is 14.7. The number of carbonyl (C=O) groups is 1. The fraction of sp³-hybridized carbons (Fsp3) is 0.486. The lowest BCUT2D eigenvalue weighted by Crippen LogP contribution is -2.39. The molecule has 1 aliphatic rings. The number of carboxylic acid groups (broad SMARTS) is 1. The van der Waals surface area contributed by atoms with Crippen LogP contribution in [0.2, 0.25) is 0 Å². The molecule has 6 nitrogen and oxygen atoms in total. The summed E-state index contributed by atoms with van der Waals surface area (Å²) in [5, 5.41) is 10.4. The number of piperidine rings is 1. The van der Waals surface area contributed by atoms with Gasteiger partial charge in [0.25, 0.3) is 0 Å². The van der Waals surface area contributed by atoms with E-state index in [0.717, 1.165) is 60.6 Å². The van der Waals surface area contributed by atoms with Crippen LogP contribution in [0.3, 0.4) is 0 Å². The third-order valence-corrected chi connectivity index (χ3v) is 7.89. The van der Waals surface area contributed by atoms with Gasteiger partial charge in [-0.05, 0) is 83.1 Å². The van der Waals surface area contributed by atoms with Crippen LogP contribution in [0.5, 0.6) is 5.75 Å². The molecular formula is C35H46N2O4. The summed E-state index contributed by atoms with van der Waals surface area (Å²) in [5.41, 5.74) is 7.20. The van der Waals surface area contributed by atoms with Crippen molar-refractivity contribution in [1.29, 1.82) is 0 Å². The molecule has 4 rings (SSSR count). The second-order valence-electron chi connectivity index (χ2n) is 13.1. The van der Waals surface area contributed by atoms with Gasteiger partial charge in [0.2, 0.25) is 0 Å². The summed E-state index contributed by atoms with van der Waals surface area (Å²) in [4.78, 5) is 19.9. The Kier molecular flexibility index (Phi) is 9.13. The van der Waals surface area contributed by atoms with E-state index in [9.17, 15) is 9.90 Å². The summed E-state index contributed by atoms with van der Waals surface area (Å²) in [7, 11) is 0. The van der Waals surface area contributed by atoms with Crippen LogP contribution in [0, 0.1) is 26.2 Å². The Labute approximate surface area is 245 Å². The Hall–Kier alpha value is -3.38. The van der Waals surface area contributed by atoms with Gasteiger partial charge in [-0.2, -0.15) is 0 Å². The molecule has 3 aromatic rings. The van der Waals surface area contributed by atoms with Gasteiger partial charge in [-0.1, -0.05) is 55.8 Å². The first-order chi connectivity index (χ1) is 19.2. The van der Waals surface area contributed by atoms with Gasteiger partial charge in [0, 0.05) is 42.0 Å². The highest BCUT2D eigenvalue weighted by Crippen LogP contribution is 2.45. The number of rotatable bonds is 9. The molecule has 1 atom stereocenters. The van der Waals surface area contributed by atoms with E-state index in [2.05, 4.69) is 62.1 Å². The number of hydrogen-bond donors (Lipinski definition) is 1. The number of ether oxygens (including phenoxy) is 2. The molecule has 1 aliphatic heterocycles. The average Bonchev–Trinajstić information content (AvgIpc) is 2.88. The van der Waals surface area contributed by atoms with Crippen molar-refractivity contribution in [1.82, 2.24) is 4.98 Å². The summed E-state index contributed by atoms with van der Waals surface area (Å²) < 4.78 is 12.3. The third-order valence-electron chi connectivity index (χ3n) is 7.89. The lowest BCUT2D eigenvalue weighted by Gasteiger charge is -2.41. The standard InChI is InChI=1S/C35H46N2O4/c1-23-9-11-26(12-10-23)17-22-40-28-15-13-27(14-16-28)29-24(2)36-25(3)30(32(33(38)39)41-34(4,5)6)31(29)37-20-18-35(7,8)19-21-37/h9-16,32H,17-22H2,1-8H3,(H,38,39)/t32-/m0/s1. The summed E-state index contributed by atoms with van der Waals surface area (Å²) in [5.74, 6) is -0.199. The van der Waals surface area contributed by atoms with E-state index in [4.69, 9.17) is 14.5 Å². The average molecular weight is 559 g/mol. The second-order valence-corrected chi connectivity index (χ2v) is 13.1. The van der Waals surface area contributed by atoms with Crippen LogP contribution in [-0.2, 0) is 16.0 Å². The molecule has 6 heteroatoms. The molecule has 0 bridgehead atoms. The fourth-order valence-corrected chi connectivity index (χ4v) is 5.51. The molecule has 1 fully saturated rings. The van der Waals surface area contributed by atoms with Gasteiger partial charge in [-0.15, -0.1) is 0 Å². The van der Waals surface area contributed by atoms with Gasteiger partial charge in [0.15, 0.2) is 6.10 Å². The minimum atomic E-state index is -1.13. The number of aromatic nitrogens is 1. The van der Waals surface area contributed by atoms with Crippen molar-refractivity contribution >= 4 is 11.7 Å². The fourth-order valence-electron chi connectivity index (χ4n) is 5.51. The van der Waals surface area contributed by atoms with E-state index in [-0.39, 0.29) is 5.41 Å². The van der Waals surface area contributed by atoms with Gasteiger partial charge in [-0.3, -0.25) is 4.98 Å². The number of aryl methyl sites for hydroxylation is 3. The highest BCUT2D eigenvalue weighted by atomic mass is 16.5. The minimum Gasteiger partial charge on any atom is -0.493 e. The molecule has 220 valence electrons. The number of pyridine rings is 1. The molecule has 0 unspecified atom stereocenters. The van der Waals surface area contributed by atoms with Crippen molar-refractivity contribution in [2.75, 3.05) is 24.6 Å². The summed E-state index contributed by atoms with van der Waals surface area (Å²) >= 11 is 0. The molecule has 0 radical (unpaired) electrons. The molecule has 1 aromatic heterocycles. The summed E-state index contributed by atoms with van der Waals surface area (Å²) in [6, 6.07) is 16.6. The molecule has 0 aliphatic carbocycles. The predicted octanol–water partition coefficient (Wildman–Crippen LogP) is 7.86. The summed E-state index contributed by atoms with van der Waals surface area (Å²) in [6.07, 6.45) is 1.76.